The number of carbonyl (C=O) groups is 1. The fraction of sp³-hybridized carbons (Fsp3) is 0.632. The highest BCUT2D eigenvalue weighted by Gasteiger charge is 2.24. The van der Waals surface area contributed by atoms with E-state index in [1.54, 1.807) is 17.7 Å². The third kappa shape index (κ3) is 3.42. The third-order valence-electron chi connectivity index (χ3n) is 5.65. The molecule has 2 saturated heterocycles. The second-order valence-corrected chi connectivity index (χ2v) is 8.57. The number of aromatic nitrogens is 2. The predicted octanol–water partition coefficient (Wildman–Crippen LogP) is 2.44. The van der Waals surface area contributed by atoms with Gasteiger partial charge >= 0.3 is 0 Å². The summed E-state index contributed by atoms with van der Waals surface area (Å²) in [4.78, 5) is 30.6. The van der Waals surface area contributed by atoms with Crippen molar-refractivity contribution >= 4 is 33.3 Å². The van der Waals surface area contributed by atoms with Gasteiger partial charge in [0.2, 0.25) is 5.91 Å². The SMILES string of the molecule is Cc1sc2ncnc(N3CCCN(CC(=O)N4CCCC4)CC3)c2c1C. The normalized spacial score (nSPS) is 19.3. The van der Waals surface area contributed by atoms with Crippen molar-refractivity contribution in [2.24, 2.45) is 0 Å². The van der Waals surface area contributed by atoms with Gasteiger partial charge in [-0.05, 0) is 38.7 Å². The maximum atomic E-state index is 12.5. The molecule has 140 valence electrons. The summed E-state index contributed by atoms with van der Waals surface area (Å²) in [7, 11) is 0. The molecule has 2 aromatic rings. The summed E-state index contributed by atoms with van der Waals surface area (Å²) < 4.78 is 0. The number of likely N-dealkylation sites (tertiary alicyclic amines) is 1. The van der Waals surface area contributed by atoms with Crippen molar-refractivity contribution in [3.05, 3.63) is 16.8 Å². The summed E-state index contributed by atoms with van der Waals surface area (Å²) in [6.07, 6.45) is 5.05. The first-order valence-electron chi connectivity index (χ1n) is 9.59. The average Bonchev–Trinajstić information content (AvgIpc) is 3.20. The van der Waals surface area contributed by atoms with Crippen LogP contribution in [0.15, 0.2) is 6.33 Å². The van der Waals surface area contributed by atoms with E-state index in [9.17, 15) is 4.79 Å². The van der Waals surface area contributed by atoms with Crippen molar-refractivity contribution in [3.8, 4) is 0 Å². The topological polar surface area (TPSA) is 52.6 Å². The molecule has 0 aromatic carbocycles. The number of anilines is 1. The van der Waals surface area contributed by atoms with Crippen molar-refractivity contribution in [1.29, 1.82) is 0 Å². The lowest BCUT2D eigenvalue weighted by Crippen LogP contribution is -2.40. The number of hydrogen-bond donors (Lipinski definition) is 0. The Morgan fingerprint density at radius 1 is 1.04 bits per heavy atom. The summed E-state index contributed by atoms with van der Waals surface area (Å²) in [6, 6.07) is 0. The second kappa shape index (κ2) is 7.48. The number of fused-ring (bicyclic) bond motifs is 1. The standard InChI is InChI=1S/C19H27N5OS/c1-14-15(2)26-19-17(14)18(20-13-21-19)24-9-5-6-22(10-11-24)12-16(25)23-7-3-4-8-23/h13H,3-12H2,1-2H3. The molecule has 2 fully saturated rings. The van der Waals surface area contributed by atoms with Crippen LogP contribution in [0, 0.1) is 13.8 Å². The van der Waals surface area contributed by atoms with E-state index in [0.29, 0.717) is 12.5 Å². The zero-order valence-corrected chi connectivity index (χ0v) is 16.5. The molecule has 4 heterocycles. The molecular weight excluding hydrogens is 346 g/mol. The minimum atomic E-state index is 0.296. The zero-order valence-electron chi connectivity index (χ0n) is 15.7. The molecule has 2 aromatic heterocycles. The maximum absolute atomic E-state index is 12.5. The number of nitrogens with zero attached hydrogens (tertiary/aromatic N) is 5. The van der Waals surface area contributed by atoms with Crippen LogP contribution in [0.25, 0.3) is 10.2 Å². The molecule has 0 atom stereocenters. The van der Waals surface area contributed by atoms with Crippen molar-refractivity contribution in [2.75, 3.05) is 50.7 Å². The predicted molar refractivity (Wildman–Crippen MR) is 106 cm³/mol. The molecule has 26 heavy (non-hydrogen) atoms. The van der Waals surface area contributed by atoms with Crippen LogP contribution in [-0.2, 0) is 4.79 Å². The van der Waals surface area contributed by atoms with E-state index < -0.39 is 0 Å². The van der Waals surface area contributed by atoms with Crippen LogP contribution in [-0.4, -0.2) is 71.5 Å². The van der Waals surface area contributed by atoms with Gasteiger partial charge in [-0.25, -0.2) is 9.97 Å². The first kappa shape index (κ1) is 17.7. The van der Waals surface area contributed by atoms with Crippen LogP contribution in [0.1, 0.15) is 29.7 Å². The van der Waals surface area contributed by atoms with E-state index in [2.05, 4.69) is 33.6 Å². The molecule has 0 unspecified atom stereocenters. The van der Waals surface area contributed by atoms with Crippen molar-refractivity contribution in [1.82, 2.24) is 19.8 Å². The van der Waals surface area contributed by atoms with E-state index in [4.69, 9.17) is 0 Å². The lowest BCUT2D eigenvalue weighted by atomic mass is 10.2. The molecule has 0 radical (unpaired) electrons. The molecule has 4 rings (SSSR count). The lowest BCUT2D eigenvalue weighted by molar-refractivity contribution is -0.131. The number of carbonyl (C=O) groups excluding carboxylic acids is 1. The minimum absolute atomic E-state index is 0.296. The molecule has 0 bridgehead atoms. The summed E-state index contributed by atoms with van der Waals surface area (Å²) >= 11 is 1.75. The Morgan fingerprint density at radius 3 is 2.65 bits per heavy atom. The first-order valence-corrected chi connectivity index (χ1v) is 10.4. The Morgan fingerprint density at radius 2 is 1.85 bits per heavy atom. The van der Waals surface area contributed by atoms with Gasteiger partial charge in [0.05, 0.1) is 11.9 Å². The van der Waals surface area contributed by atoms with Crippen LogP contribution in [0.2, 0.25) is 0 Å². The van der Waals surface area contributed by atoms with Gasteiger partial charge in [-0.15, -0.1) is 11.3 Å². The van der Waals surface area contributed by atoms with Gasteiger partial charge < -0.3 is 9.80 Å². The van der Waals surface area contributed by atoms with E-state index in [0.717, 1.165) is 69.2 Å². The Hall–Kier alpha value is -1.73. The van der Waals surface area contributed by atoms with Crippen LogP contribution in [0.4, 0.5) is 5.82 Å². The van der Waals surface area contributed by atoms with Crippen LogP contribution in [0.5, 0.6) is 0 Å². The average molecular weight is 374 g/mol. The van der Waals surface area contributed by atoms with Gasteiger partial charge in [-0.1, -0.05) is 0 Å². The van der Waals surface area contributed by atoms with Crippen molar-refractivity contribution < 1.29 is 4.79 Å². The van der Waals surface area contributed by atoms with Gasteiger partial charge in [-0.3, -0.25) is 9.69 Å². The molecular formula is C19H27N5OS. The fourth-order valence-electron chi connectivity index (χ4n) is 4.00. The zero-order chi connectivity index (χ0) is 18.1. The molecule has 0 aliphatic carbocycles. The van der Waals surface area contributed by atoms with Crippen molar-refractivity contribution in [3.63, 3.8) is 0 Å². The molecule has 2 aliphatic heterocycles. The highest BCUT2D eigenvalue weighted by Crippen LogP contribution is 2.34. The van der Waals surface area contributed by atoms with Gasteiger partial charge in [-0.2, -0.15) is 0 Å². The Balaban J connectivity index is 1.46. The lowest BCUT2D eigenvalue weighted by Gasteiger charge is -2.24. The molecule has 2 aliphatic rings. The number of thiophene rings is 1. The number of hydrogen-bond acceptors (Lipinski definition) is 6. The smallest absolute Gasteiger partial charge is 0.236 e. The molecule has 0 saturated carbocycles. The maximum Gasteiger partial charge on any atom is 0.236 e. The summed E-state index contributed by atoms with van der Waals surface area (Å²) in [5.74, 6) is 1.36. The van der Waals surface area contributed by atoms with Crippen LogP contribution < -0.4 is 4.90 Å². The van der Waals surface area contributed by atoms with E-state index in [1.807, 2.05) is 4.90 Å². The van der Waals surface area contributed by atoms with Gasteiger partial charge in [0, 0.05) is 44.1 Å². The van der Waals surface area contributed by atoms with E-state index in [-0.39, 0.29) is 0 Å². The van der Waals surface area contributed by atoms with E-state index in [1.165, 1.54) is 15.8 Å². The highest BCUT2D eigenvalue weighted by molar-refractivity contribution is 7.18. The quantitative estimate of drug-likeness (QED) is 0.827. The highest BCUT2D eigenvalue weighted by atomic mass is 32.1. The number of amides is 1. The number of aryl methyl sites for hydroxylation is 2. The Bertz CT molecular complexity index is 799. The second-order valence-electron chi connectivity index (χ2n) is 7.37. The van der Waals surface area contributed by atoms with E-state index >= 15 is 0 Å². The molecule has 7 heteroatoms. The molecule has 6 nitrogen and oxygen atoms in total. The summed E-state index contributed by atoms with van der Waals surface area (Å²) in [5.41, 5.74) is 1.30. The Labute approximate surface area is 158 Å². The van der Waals surface area contributed by atoms with Gasteiger partial charge in [0.25, 0.3) is 0 Å². The monoisotopic (exact) mass is 373 g/mol. The largest absolute Gasteiger partial charge is 0.355 e. The molecule has 0 N–H and O–H groups in total. The van der Waals surface area contributed by atoms with Crippen molar-refractivity contribution in [2.45, 2.75) is 33.1 Å². The summed E-state index contributed by atoms with van der Waals surface area (Å²) in [6.45, 7) is 10.5. The van der Waals surface area contributed by atoms with Gasteiger partial charge in [0.15, 0.2) is 0 Å². The Kier molecular flexibility index (Phi) is 5.09. The van der Waals surface area contributed by atoms with Gasteiger partial charge in [0.1, 0.15) is 17.0 Å². The third-order valence-corrected chi connectivity index (χ3v) is 6.77. The fourth-order valence-corrected chi connectivity index (χ4v) is 4.99. The number of rotatable bonds is 3. The first-order chi connectivity index (χ1) is 12.6. The summed E-state index contributed by atoms with van der Waals surface area (Å²) in [5, 5.41) is 1.21. The van der Waals surface area contributed by atoms with Crippen LogP contribution in [0.3, 0.4) is 0 Å². The van der Waals surface area contributed by atoms with Crippen LogP contribution >= 0.6 is 11.3 Å². The minimum Gasteiger partial charge on any atom is -0.355 e. The molecule has 0 spiro atoms. The molecule has 1 amide bonds.